The second-order valence-electron chi connectivity index (χ2n) is 5.58. The van der Waals surface area contributed by atoms with Crippen LogP contribution >= 0.6 is 11.6 Å². The van der Waals surface area contributed by atoms with Gasteiger partial charge in [0.05, 0.1) is 5.02 Å². The molecule has 1 fully saturated rings. The van der Waals surface area contributed by atoms with E-state index in [1.807, 2.05) is 0 Å². The predicted octanol–water partition coefficient (Wildman–Crippen LogP) is 3.19. The van der Waals surface area contributed by atoms with Gasteiger partial charge < -0.3 is 15.2 Å². The zero-order valence-corrected chi connectivity index (χ0v) is 12.1. The monoisotopic (exact) mass is 281 g/mol. The molecule has 3 rings (SSSR count). The summed E-state index contributed by atoms with van der Waals surface area (Å²) in [5, 5.41) is 0.687. The van der Waals surface area contributed by atoms with Gasteiger partial charge in [0.25, 0.3) is 0 Å². The van der Waals surface area contributed by atoms with E-state index in [0.717, 1.165) is 24.2 Å². The Kier molecular flexibility index (Phi) is 3.35. The van der Waals surface area contributed by atoms with Gasteiger partial charge in [0.15, 0.2) is 11.5 Å². The molecule has 0 atom stereocenters. The fraction of sp³-hybridized carbons (Fsp3) is 0.600. The molecular formula is C15H20ClNO2. The number of rotatable bonds is 2. The minimum atomic E-state index is 0.0730. The zero-order chi connectivity index (χ0) is 13.5. The fourth-order valence-corrected chi connectivity index (χ4v) is 3.67. The third-order valence-electron chi connectivity index (χ3n) is 4.54. The van der Waals surface area contributed by atoms with Crippen molar-refractivity contribution < 1.29 is 9.47 Å². The van der Waals surface area contributed by atoms with Crippen molar-refractivity contribution in [1.82, 2.24) is 0 Å². The normalized spacial score (nSPS) is 20.6. The maximum absolute atomic E-state index is 6.47. The quantitative estimate of drug-likeness (QED) is 0.905. The lowest BCUT2D eigenvalue weighted by Gasteiger charge is -2.32. The Bertz CT molecular complexity index is 495. The Hall–Kier alpha value is -0.930. The topological polar surface area (TPSA) is 44.5 Å². The van der Waals surface area contributed by atoms with Crippen molar-refractivity contribution in [2.24, 2.45) is 5.73 Å². The average molecular weight is 282 g/mol. The minimum Gasteiger partial charge on any atom is -0.486 e. The van der Waals surface area contributed by atoms with Gasteiger partial charge in [-0.05, 0) is 37.0 Å². The third-order valence-corrected chi connectivity index (χ3v) is 5.00. The largest absolute Gasteiger partial charge is 0.486 e. The Balaban J connectivity index is 2.13. The molecule has 0 spiro atoms. The number of hydrogen-bond donors (Lipinski definition) is 1. The molecule has 1 saturated carbocycles. The SMILES string of the molecule is Cc1c(C2(CN)CCCC2)cc2c(c1Cl)OCCO2. The van der Waals surface area contributed by atoms with Crippen LogP contribution in [0.2, 0.25) is 5.02 Å². The zero-order valence-electron chi connectivity index (χ0n) is 11.3. The Labute approximate surface area is 119 Å². The molecule has 0 unspecified atom stereocenters. The Morgan fingerprint density at radius 3 is 2.63 bits per heavy atom. The summed E-state index contributed by atoms with van der Waals surface area (Å²) in [5.74, 6) is 1.47. The standard InChI is InChI=1S/C15H20ClNO2/c1-10-11(15(9-17)4-2-3-5-15)8-12-14(13(10)16)19-7-6-18-12/h8H,2-7,9,17H2,1H3. The molecule has 0 radical (unpaired) electrons. The highest BCUT2D eigenvalue weighted by Crippen LogP contribution is 2.48. The van der Waals surface area contributed by atoms with Crippen LogP contribution in [0.3, 0.4) is 0 Å². The molecular weight excluding hydrogens is 262 g/mol. The van der Waals surface area contributed by atoms with Gasteiger partial charge in [-0.1, -0.05) is 24.4 Å². The summed E-state index contributed by atoms with van der Waals surface area (Å²) in [4.78, 5) is 0. The van der Waals surface area contributed by atoms with E-state index >= 15 is 0 Å². The lowest BCUT2D eigenvalue weighted by molar-refractivity contribution is 0.171. The van der Waals surface area contributed by atoms with Crippen molar-refractivity contribution in [2.75, 3.05) is 19.8 Å². The van der Waals surface area contributed by atoms with Crippen molar-refractivity contribution in [3.63, 3.8) is 0 Å². The molecule has 1 aliphatic heterocycles. The molecule has 0 bridgehead atoms. The van der Waals surface area contributed by atoms with Crippen LogP contribution in [0.1, 0.15) is 36.8 Å². The van der Waals surface area contributed by atoms with Crippen molar-refractivity contribution in [2.45, 2.75) is 38.0 Å². The molecule has 0 aromatic heterocycles. The summed E-state index contributed by atoms with van der Waals surface area (Å²) in [7, 11) is 0. The molecule has 4 heteroatoms. The van der Waals surface area contributed by atoms with E-state index in [2.05, 4.69) is 13.0 Å². The van der Waals surface area contributed by atoms with Crippen molar-refractivity contribution >= 4 is 11.6 Å². The highest BCUT2D eigenvalue weighted by Gasteiger charge is 2.37. The van der Waals surface area contributed by atoms with Crippen LogP contribution in [0.5, 0.6) is 11.5 Å². The first-order valence-electron chi connectivity index (χ1n) is 6.97. The van der Waals surface area contributed by atoms with Crippen molar-refractivity contribution in [1.29, 1.82) is 0 Å². The van der Waals surface area contributed by atoms with Gasteiger partial charge >= 0.3 is 0 Å². The number of benzene rings is 1. The van der Waals surface area contributed by atoms with E-state index in [4.69, 9.17) is 26.8 Å². The molecule has 104 valence electrons. The van der Waals surface area contributed by atoms with Crippen LogP contribution in [0.25, 0.3) is 0 Å². The van der Waals surface area contributed by atoms with Crippen molar-refractivity contribution in [3.05, 3.63) is 22.2 Å². The van der Waals surface area contributed by atoms with E-state index in [-0.39, 0.29) is 5.41 Å². The van der Waals surface area contributed by atoms with Gasteiger partial charge in [0.1, 0.15) is 13.2 Å². The first-order valence-corrected chi connectivity index (χ1v) is 7.35. The van der Waals surface area contributed by atoms with Crippen LogP contribution in [0.4, 0.5) is 0 Å². The second kappa shape index (κ2) is 4.88. The van der Waals surface area contributed by atoms with Gasteiger partial charge in [-0.15, -0.1) is 0 Å². The fourth-order valence-electron chi connectivity index (χ4n) is 3.42. The summed E-state index contributed by atoms with van der Waals surface area (Å²) in [6, 6.07) is 2.11. The van der Waals surface area contributed by atoms with Crippen LogP contribution in [0, 0.1) is 6.92 Å². The number of ether oxygens (including phenoxy) is 2. The van der Waals surface area contributed by atoms with Gasteiger partial charge in [-0.2, -0.15) is 0 Å². The summed E-state index contributed by atoms with van der Waals surface area (Å²) < 4.78 is 11.3. The van der Waals surface area contributed by atoms with Crippen LogP contribution in [-0.2, 0) is 5.41 Å². The molecule has 1 aliphatic carbocycles. The molecule has 1 aromatic rings. The Morgan fingerprint density at radius 1 is 1.26 bits per heavy atom. The molecule has 1 aromatic carbocycles. The van der Waals surface area contributed by atoms with E-state index in [1.165, 1.54) is 18.4 Å². The summed E-state index contributed by atoms with van der Waals surface area (Å²) >= 11 is 6.47. The van der Waals surface area contributed by atoms with E-state index in [1.54, 1.807) is 0 Å². The van der Waals surface area contributed by atoms with Gasteiger partial charge in [-0.25, -0.2) is 0 Å². The molecule has 2 N–H and O–H groups in total. The van der Waals surface area contributed by atoms with Crippen LogP contribution < -0.4 is 15.2 Å². The summed E-state index contributed by atoms with van der Waals surface area (Å²) in [6.07, 6.45) is 4.76. The number of nitrogens with two attached hydrogens (primary N) is 1. The molecule has 0 amide bonds. The van der Waals surface area contributed by atoms with Gasteiger partial charge in [-0.3, -0.25) is 0 Å². The maximum atomic E-state index is 6.47. The molecule has 3 nitrogen and oxygen atoms in total. The highest BCUT2D eigenvalue weighted by molar-refractivity contribution is 6.33. The van der Waals surface area contributed by atoms with E-state index in [9.17, 15) is 0 Å². The minimum absolute atomic E-state index is 0.0730. The van der Waals surface area contributed by atoms with Gasteiger partial charge in [0.2, 0.25) is 0 Å². The van der Waals surface area contributed by atoms with E-state index < -0.39 is 0 Å². The predicted molar refractivity (Wildman–Crippen MR) is 76.4 cm³/mol. The maximum Gasteiger partial charge on any atom is 0.180 e. The molecule has 19 heavy (non-hydrogen) atoms. The first kappa shape index (κ1) is 13.1. The van der Waals surface area contributed by atoms with Crippen LogP contribution in [-0.4, -0.2) is 19.8 Å². The third kappa shape index (κ3) is 2.00. The summed E-state index contributed by atoms with van der Waals surface area (Å²) in [6.45, 7) is 3.88. The summed E-state index contributed by atoms with van der Waals surface area (Å²) in [5.41, 5.74) is 8.50. The molecule has 0 saturated heterocycles. The first-order chi connectivity index (χ1) is 9.18. The second-order valence-corrected chi connectivity index (χ2v) is 5.96. The number of hydrogen-bond acceptors (Lipinski definition) is 3. The lowest BCUT2D eigenvalue weighted by atomic mass is 9.76. The van der Waals surface area contributed by atoms with Gasteiger partial charge in [0, 0.05) is 12.0 Å². The number of fused-ring (bicyclic) bond motifs is 1. The van der Waals surface area contributed by atoms with E-state index in [0.29, 0.717) is 30.5 Å². The highest BCUT2D eigenvalue weighted by atomic mass is 35.5. The lowest BCUT2D eigenvalue weighted by Crippen LogP contribution is -2.33. The number of halogens is 1. The Morgan fingerprint density at radius 2 is 1.95 bits per heavy atom. The van der Waals surface area contributed by atoms with Crippen molar-refractivity contribution in [3.8, 4) is 11.5 Å². The smallest absolute Gasteiger partial charge is 0.180 e. The van der Waals surface area contributed by atoms with Crippen LogP contribution in [0.15, 0.2) is 6.07 Å². The molecule has 1 heterocycles. The molecule has 2 aliphatic rings. The average Bonchev–Trinajstić information content (AvgIpc) is 2.93.